The van der Waals surface area contributed by atoms with Crippen molar-refractivity contribution in [3.8, 4) is 0 Å². The second-order valence-corrected chi connectivity index (χ2v) is 6.71. The van der Waals surface area contributed by atoms with Crippen molar-refractivity contribution < 1.29 is 24.2 Å². The minimum atomic E-state index is -0.682. The van der Waals surface area contributed by atoms with Crippen molar-refractivity contribution in [1.29, 1.82) is 0 Å². The molecule has 0 spiro atoms. The van der Waals surface area contributed by atoms with E-state index in [9.17, 15) is 14.7 Å². The van der Waals surface area contributed by atoms with Crippen LogP contribution in [0.1, 0.15) is 39.0 Å². The van der Waals surface area contributed by atoms with Crippen LogP contribution in [0.15, 0.2) is 12.7 Å². The summed E-state index contributed by atoms with van der Waals surface area (Å²) in [5.74, 6) is -0.0302. The largest absolute Gasteiger partial charge is 0.467 e. The molecule has 0 bridgehead atoms. The molecule has 1 rings (SSSR count). The molecule has 1 unspecified atom stereocenters. The average molecular weight is 341 g/mol. The van der Waals surface area contributed by atoms with Crippen molar-refractivity contribution in [2.75, 3.05) is 27.4 Å². The van der Waals surface area contributed by atoms with E-state index in [0.717, 1.165) is 19.3 Å². The van der Waals surface area contributed by atoms with Gasteiger partial charge in [-0.25, -0.2) is 4.79 Å². The van der Waals surface area contributed by atoms with Crippen LogP contribution >= 0.6 is 0 Å². The number of likely N-dealkylation sites (tertiary alicyclic amines) is 1. The molecule has 1 saturated heterocycles. The number of allylic oxidation sites excluding steroid dienone is 1. The third-order valence-corrected chi connectivity index (χ3v) is 4.54. The predicted octanol–water partition coefficient (Wildman–Crippen LogP) is 1.77. The fourth-order valence-electron chi connectivity index (χ4n) is 3.35. The number of aliphatic hydroxyl groups is 1. The van der Waals surface area contributed by atoms with Crippen molar-refractivity contribution >= 4 is 11.9 Å². The lowest BCUT2D eigenvalue weighted by atomic mass is 9.90. The first-order valence-electron chi connectivity index (χ1n) is 8.58. The van der Waals surface area contributed by atoms with Crippen molar-refractivity contribution in [2.24, 2.45) is 11.8 Å². The topological polar surface area (TPSA) is 76.1 Å². The van der Waals surface area contributed by atoms with Gasteiger partial charge >= 0.3 is 5.97 Å². The Bertz CT molecular complexity index is 426. The molecule has 1 fully saturated rings. The van der Waals surface area contributed by atoms with E-state index in [4.69, 9.17) is 9.47 Å². The van der Waals surface area contributed by atoms with E-state index in [1.165, 1.54) is 12.0 Å². The van der Waals surface area contributed by atoms with Crippen LogP contribution in [0, 0.1) is 11.8 Å². The van der Waals surface area contributed by atoms with Gasteiger partial charge < -0.3 is 19.5 Å². The molecule has 1 N–H and O–H groups in total. The van der Waals surface area contributed by atoms with Gasteiger partial charge in [-0.3, -0.25) is 4.79 Å². The van der Waals surface area contributed by atoms with Gasteiger partial charge in [0.05, 0.1) is 13.2 Å². The molecular formula is C18H31NO5. The zero-order valence-corrected chi connectivity index (χ0v) is 15.1. The molecule has 0 aromatic rings. The number of ether oxygens (including phenoxy) is 2. The third kappa shape index (κ3) is 6.24. The van der Waals surface area contributed by atoms with Crippen molar-refractivity contribution in [1.82, 2.24) is 4.90 Å². The first-order valence-corrected chi connectivity index (χ1v) is 8.58. The number of carbonyl (C=O) groups excluding carboxylic acids is 2. The summed E-state index contributed by atoms with van der Waals surface area (Å²) in [7, 11) is 2.92. The Morgan fingerprint density at radius 1 is 1.42 bits per heavy atom. The summed E-state index contributed by atoms with van der Waals surface area (Å²) in [5, 5.41) is 9.81. The minimum Gasteiger partial charge on any atom is -0.467 e. The maximum atomic E-state index is 12.6. The van der Waals surface area contributed by atoms with E-state index < -0.39 is 18.1 Å². The van der Waals surface area contributed by atoms with Gasteiger partial charge in [0, 0.05) is 33.1 Å². The summed E-state index contributed by atoms with van der Waals surface area (Å²) in [6, 6.07) is -0.682. The summed E-state index contributed by atoms with van der Waals surface area (Å²) < 4.78 is 10.0. The summed E-state index contributed by atoms with van der Waals surface area (Å²) >= 11 is 0. The Kier molecular flexibility index (Phi) is 9.00. The standard InChI is InChI=1S/C18H31NO5/c1-5-6-7-13(2)8-14(12-23-3)9-17(21)19-11-15(20)10-16(19)18(22)24-4/h5,13-16,20H,1,6-12H2,2-4H3/t13?,14-,15-,16+/m1/s1. The van der Waals surface area contributed by atoms with Gasteiger partial charge in [-0.1, -0.05) is 13.0 Å². The van der Waals surface area contributed by atoms with Gasteiger partial charge in [0.2, 0.25) is 5.91 Å². The summed E-state index contributed by atoms with van der Waals surface area (Å²) in [6.07, 6.45) is 4.65. The number of amides is 1. The lowest BCUT2D eigenvalue weighted by Gasteiger charge is -2.26. The summed E-state index contributed by atoms with van der Waals surface area (Å²) in [6.45, 7) is 6.58. The second-order valence-electron chi connectivity index (χ2n) is 6.71. The highest BCUT2D eigenvalue weighted by atomic mass is 16.5. The molecule has 24 heavy (non-hydrogen) atoms. The number of nitrogens with zero attached hydrogens (tertiary/aromatic N) is 1. The number of carbonyl (C=O) groups is 2. The molecule has 4 atom stereocenters. The van der Waals surface area contributed by atoms with Crippen LogP contribution in [-0.2, 0) is 19.1 Å². The van der Waals surface area contributed by atoms with Crippen molar-refractivity contribution in [3.63, 3.8) is 0 Å². The molecule has 1 heterocycles. The number of esters is 1. The fraction of sp³-hybridized carbons (Fsp3) is 0.778. The molecule has 0 aromatic heterocycles. The third-order valence-electron chi connectivity index (χ3n) is 4.54. The maximum Gasteiger partial charge on any atom is 0.328 e. The molecule has 0 aromatic carbocycles. The first kappa shape index (κ1) is 20.6. The molecule has 0 aliphatic carbocycles. The zero-order valence-electron chi connectivity index (χ0n) is 15.1. The van der Waals surface area contributed by atoms with E-state index in [1.807, 2.05) is 6.08 Å². The van der Waals surface area contributed by atoms with Crippen molar-refractivity contribution in [3.05, 3.63) is 12.7 Å². The second kappa shape index (κ2) is 10.5. The maximum absolute atomic E-state index is 12.6. The quantitative estimate of drug-likeness (QED) is 0.484. The monoisotopic (exact) mass is 341 g/mol. The summed E-state index contributed by atoms with van der Waals surface area (Å²) in [4.78, 5) is 25.9. The van der Waals surface area contributed by atoms with Crippen LogP contribution < -0.4 is 0 Å². The number of rotatable bonds is 10. The van der Waals surface area contributed by atoms with Gasteiger partial charge in [0.25, 0.3) is 0 Å². The van der Waals surface area contributed by atoms with E-state index >= 15 is 0 Å². The highest BCUT2D eigenvalue weighted by Crippen LogP contribution is 2.25. The molecular weight excluding hydrogens is 310 g/mol. The van der Waals surface area contributed by atoms with Crippen LogP contribution in [0.4, 0.5) is 0 Å². The van der Waals surface area contributed by atoms with Gasteiger partial charge in [-0.15, -0.1) is 6.58 Å². The molecule has 0 radical (unpaired) electrons. The van der Waals surface area contributed by atoms with E-state index in [-0.39, 0.29) is 24.8 Å². The van der Waals surface area contributed by atoms with Gasteiger partial charge in [-0.2, -0.15) is 0 Å². The molecule has 6 nitrogen and oxygen atoms in total. The van der Waals surface area contributed by atoms with Gasteiger partial charge in [-0.05, 0) is 31.1 Å². The SMILES string of the molecule is C=CCCC(C)C[C@@H](COC)CC(=O)N1C[C@H](O)C[C@H]1C(=O)OC. The lowest BCUT2D eigenvalue weighted by Crippen LogP contribution is -2.42. The van der Waals surface area contributed by atoms with Crippen LogP contribution in [0.5, 0.6) is 0 Å². The molecule has 1 aliphatic rings. The van der Waals surface area contributed by atoms with E-state index in [2.05, 4.69) is 13.5 Å². The number of methoxy groups -OCH3 is 2. The van der Waals surface area contributed by atoms with Crippen LogP contribution in [0.25, 0.3) is 0 Å². The van der Waals surface area contributed by atoms with Gasteiger partial charge in [0.1, 0.15) is 6.04 Å². The average Bonchev–Trinajstić information content (AvgIpc) is 2.94. The molecule has 1 aliphatic heterocycles. The Balaban J connectivity index is 2.65. The Morgan fingerprint density at radius 3 is 2.71 bits per heavy atom. The Labute approximate surface area is 144 Å². The van der Waals surface area contributed by atoms with Crippen molar-refractivity contribution in [2.45, 2.75) is 51.2 Å². The molecule has 1 amide bonds. The van der Waals surface area contributed by atoms with Crippen LogP contribution in [0.3, 0.4) is 0 Å². The predicted molar refractivity (Wildman–Crippen MR) is 91.3 cm³/mol. The van der Waals surface area contributed by atoms with Gasteiger partial charge in [0.15, 0.2) is 0 Å². The smallest absolute Gasteiger partial charge is 0.328 e. The zero-order chi connectivity index (χ0) is 18.1. The first-order chi connectivity index (χ1) is 11.4. The Hall–Kier alpha value is -1.40. The molecule has 0 saturated carbocycles. The number of hydrogen-bond acceptors (Lipinski definition) is 5. The molecule has 6 heteroatoms. The van der Waals surface area contributed by atoms with Crippen LogP contribution in [0.2, 0.25) is 0 Å². The highest BCUT2D eigenvalue weighted by molar-refractivity contribution is 5.85. The fourth-order valence-corrected chi connectivity index (χ4v) is 3.35. The number of β-amino-alcohol motifs (C(OH)–C–C–N with tert-alkyl or cyclic N) is 1. The van der Waals surface area contributed by atoms with E-state index in [1.54, 1.807) is 7.11 Å². The number of hydrogen-bond donors (Lipinski definition) is 1. The molecule has 138 valence electrons. The number of aliphatic hydroxyl groups excluding tert-OH is 1. The minimum absolute atomic E-state index is 0.0957. The summed E-state index contributed by atoms with van der Waals surface area (Å²) in [5.41, 5.74) is 0. The van der Waals surface area contributed by atoms with E-state index in [0.29, 0.717) is 18.9 Å². The Morgan fingerprint density at radius 2 is 2.12 bits per heavy atom. The van der Waals surface area contributed by atoms with Crippen LogP contribution in [-0.4, -0.2) is 61.4 Å². The lowest BCUT2D eigenvalue weighted by molar-refractivity contribution is -0.151. The normalized spacial score (nSPS) is 22.9. The highest BCUT2D eigenvalue weighted by Gasteiger charge is 2.39.